The quantitative estimate of drug-likeness (QED) is 0.121. The van der Waals surface area contributed by atoms with E-state index >= 15 is 4.39 Å². The minimum atomic E-state index is -5.01. The summed E-state index contributed by atoms with van der Waals surface area (Å²) in [6, 6.07) is 7.77. The zero-order chi connectivity index (χ0) is 29.9. The molecule has 1 aromatic heterocycles. The highest BCUT2D eigenvalue weighted by molar-refractivity contribution is 8.16. The van der Waals surface area contributed by atoms with Crippen molar-refractivity contribution in [2.45, 2.75) is 9.96 Å². The molecule has 0 atom stereocenters. The van der Waals surface area contributed by atoms with Gasteiger partial charge in [-0.3, -0.25) is 14.6 Å². The Morgan fingerprint density at radius 1 is 1.00 bits per heavy atom. The molecule has 0 fully saturated rings. The molecule has 2 amide bonds. The largest absolute Gasteiger partial charge is 0.573 e. The number of anilines is 1. The molecule has 2 heterocycles. The Morgan fingerprint density at radius 2 is 1.76 bits per heavy atom. The number of aromatic nitrogens is 1. The van der Waals surface area contributed by atoms with E-state index in [1.54, 1.807) is 6.08 Å². The average molecular weight is 630 g/mol. The first kappa shape index (κ1) is 30.4. The number of carbonyl (C=O) groups is 2. The summed E-state index contributed by atoms with van der Waals surface area (Å²) >= 11 is 12.0. The Morgan fingerprint density at radius 3 is 2.39 bits per heavy atom. The van der Waals surface area contributed by atoms with Crippen molar-refractivity contribution < 1.29 is 46.1 Å². The fraction of sp³-hybridized carbons (Fsp3) is 0.160. The molecule has 4 rings (SSSR count). The normalized spacial score (nSPS) is 13.4. The molecular weight excluding hydrogens is 610 g/mol. The van der Waals surface area contributed by atoms with Crippen LogP contribution in [0.2, 0.25) is 0 Å². The van der Waals surface area contributed by atoms with Gasteiger partial charge in [0.2, 0.25) is 3.60 Å². The van der Waals surface area contributed by atoms with Crippen LogP contribution in [0.4, 0.5) is 23.2 Å². The molecule has 0 bridgehead atoms. The second-order valence-corrected chi connectivity index (χ2v) is 11.2. The highest BCUT2D eigenvalue weighted by atomic mass is 32.2. The number of nitrogens with zero attached hydrogens (tertiary/aromatic N) is 1. The van der Waals surface area contributed by atoms with E-state index in [0.717, 1.165) is 24.3 Å². The van der Waals surface area contributed by atoms with Gasteiger partial charge in [0.05, 0.1) is 13.2 Å². The van der Waals surface area contributed by atoms with Crippen LogP contribution in [0, 0.1) is 5.82 Å². The van der Waals surface area contributed by atoms with Crippen LogP contribution in [0.3, 0.4) is 0 Å². The molecule has 41 heavy (non-hydrogen) atoms. The van der Waals surface area contributed by atoms with Gasteiger partial charge < -0.3 is 30.0 Å². The van der Waals surface area contributed by atoms with E-state index in [9.17, 15) is 22.8 Å². The molecule has 1 aliphatic heterocycles. The first-order valence-corrected chi connectivity index (χ1v) is 12.6. The smallest absolute Gasteiger partial charge is 0.455 e. The van der Waals surface area contributed by atoms with Crippen molar-refractivity contribution in [3.63, 3.8) is 0 Å². The Labute approximate surface area is 246 Å². The molecule has 16 heteroatoms. The molecule has 0 unspecified atom stereocenters. The van der Waals surface area contributed by atoms with E-state index in [1.165, 1.54) is 24.4 Å². The van der Waals surface area contributed by atoms with Crippen LogP contribution < -0.4 is 25.3 Å². The maximum absolute atomic E-state index is 15.5. The number of alkyl halides is 3. The molecular formula is C25H19F4N3O6S3. The Bertz CT molecular complexity index is 1530. The van der Waals surface area contributed by atoms with Crippen molar-refractivity contribution in [1.29, 1.82) is 0 Å². The lowest BCUT2D eigenvalue weighted by atomic mass is 10.0. The van der Waals surface area contributed by atoms with E-state index in [0.29, 0.717) is 11.1 Å². The number of amides is 2. The highest BCUT2D eigenvalue weighted by Gasteiger charge is 2.32. The summed E-state index contributed by atoms with van der Waals surface area (Å²) in [5.41, 5.74) is 5.49. The van der Waals surface area contributed by atoms with Crippen molar-refractivity contribution in [1.82, 2.24) is 4.98 Å². The number of carbonyl (C=O) groups excluding carboxylic acids is 2. The van der Waals surface area contributed by atoms with Crippen molar-refractivity contribution in [2.75, 3.05) is 18.5 Å². The van der Waals surface area contributed by atoms with Crippen LogP contribution in [0.5, 0.6) is 23.0 Å². The molecule has 0 aliphatic carbocycles. The molecule has 3 N–H and O–H groups in total. The van der Waals surface area contributed by atoms with E-state index in [2.05, 4.69) is 52.9 Å². The Hall–Kier alpha value is -3.60. The lowest BCUT2D eigenvalue weighted by Gasteiger charge is -2.22. The Balaban J connectivity index is 1.78. The standard InChI is InChI=1S/C25H19F4N3O6S3/c26-16-7-13(12-4-6-35-11-12)8-20(21(16)23(34)32-14-3-5-31-17(9-14)22(30)33)36-18-2-1-15(37-24(27,28)29)10-19(18)38-25(39,40)41/h1-5,7-10,39-41H,6,11H2,(H2,30,33)(H,31,32,34). The van der Waals surface area contributed by atoms with Crippen LogP contribution in [0.15, 0.2) is 54.7 Å². The first-order chi connectivity index (χ1) is 19.2. The van der Waals surface area contributed by atoms with Gasteiger partial charge in [-0.1, -0.05) is 6.08 Å². The van der Waals surface area contributed by atoms with Gasteiger partial charge in [-0.05, 0) is 47.5 Å². The number of thiol groups is 3. The van der Waals surface area contributed by atoms with Gasteiger partial charge >= 0.3 is 6.36 Å². The molecule has 0 saturated carbocycles. The summed E-state index contributed by atoms with van der Waals surface area (Å²) in [6.45, 7) is 0.447. The number of hydrogen-bond acceptors (Lipinski definition) is 10. The van der Waals surface area contributed by atoms with Crippen molar-refractivity contribution in [2.24, 2.45) is 5.73 Å². The summed E-state index contributed by atoms with van der Waals surface area (Å²) in [4.78, 5) is 28.5. The number of rotatable bonds is 9. The van der Waals surface area contributed by atoms with E-state index in [1.807, 2.05) is 0 Å². The molecule has 0 saturated heterocycles. The average Bonchev–Trinajstić information content (AvgIpc) is 3.39. The lowest BCUT2D eigenvalue weighted by molar-refractivity contribution is -0.274. The summed E-state index contributed by atoms with van der Waals surface area (Å²) in [5.74, 6) is -4.50. The monoisotopic (exact) mass is 629 g/mol. The van der Waals surface area contributed by atoms with Crippen LogP contribution in [0.25, 0.3) is 5.57 Å². The number of benzene rings is 2. The molecule has 3 aromatic rings. The minimum absolute atomic E-state index is 0.0720. The third-order valence-electron chi connectivity index (χ3n) is 5.24. The van der Waals surface area contributed by atoms with Gasteiger partial charge in [0, 0.05) is 18.0 Å². The fourth-order valence-electron chi connectivity index (χ4n) is 3.61. The number of nitrogens with one attached hydrogen (secondary N) is 1. The third-order valence-corrected chi connectivity index (χ3v) is 5.52. The molecule has 0 radical (unpaired) electrons. The molecule has 0 spiro atoms. The topological polar surface area (TPSA) is 122 Å². The maximum atomic E-state index is 15.5. The van der Waals surface area contributed by atoms with Gasteiger partial charge in [-0.2, -0.15) is 0 Å². The lowest BCUT2D eigenvalue weighted by Crippen LogP contribution is -2.18. The summed E-state index contributed by atoms with van der Waals surface area (Å²) in [5, 5.41) is 2.44. The number of primary amides is 1. The predicted molar refractivity (Wildman–Crippen MR) is 149 cm³/mol. The zero-order valence-electron chi connectivity index (χ0n) is 20.4. The molecule has 216 valence electrons. The number of pyridine rings is 1. The summed E-state index contributed by atoms with van der Waals surface area (Å²) < 4.78 is 72.7. The number of halogens is 4. The number of hydrogen-bond donors (Lipinski definition) is 5. The summed E-state index contributed by atoms with van der Waals surface area (Å²) in [6.07, 6.45) is -2.10. The first-order valence-electron chi connectivity index (χ1n) is 11.3. The molecule has 2 aromatic carbocycles. The third kappa shape index (κ3) is 8.22. The maximum Gasteiger partial charge on any atom is 0.573 e. The summed E-state index contributed by atoms with van der Waals surface area (Å²) in [7, 11) is 0. The highest BCUT2D eigenvalue weighted by Crippen LogP contribution is 2.42. The second kappa shape index (κ2) is 12.1. The van der Waals surface area contributed by atoms with Crippen LogP contribution in [-0.2, 0) is 4.74 Å². The van der Waals surface area contributed by atoms with Crippen molar-refractivity contribution >= 4 is 61.0 Å². The molecule has 9 nitrogen and oxygen atoms in total. The zero-order valence-corrected chi connectivity index (χ0v) is 23.1. The SMILES string of the molecule is NC(=O)c1cc(NC(=O)c2c(F)cc(C3=CCOC3)cc2Oc2ccc(OC(F)(F)F)cc2OC(S)(S)S)ccn1. The van der Waals surface area contributed by atoms with Gasteiger partial charge in [0.15, 0.2) is 11.5 Å². The van der Waals surface area contributed by atoms with E-state index in [4.69, 9.17) is 19.9 Å². The second-order valence-electron chi connectivity index (χ2n) is 8.26. The van der Waals surface area contributed by atoms with E-state index < -0.39 is 38.9 Å². The van der Waals surface area contributed by atoms with Gasteiger partial charge in [0.1, 0.15) is 28.6 Å². The fourth-order valence-corrected chi connectivity index (χ4v) is 3.90. The van der Waals surface area contributed by atoms with Gasteiger partial charge in [0.25, 0.3) is 11.8 Å². The van der Waals surface area contributed by atoms with E-state index in [-0.39, 0.29) is 41.8 Å². The number of nitrogens with two attached hydrogens (primary N) is 1. The van der Waals surface area contributed by atoms with Crippen LogP contribution >= 0.6 is 37.9 Å². The van der Waals surface area contributed by atoms with Gasteiger partial charge in [-0.25, -0.2) is 4.39 Å². The predicted octanol–water partition coefficient (Wildman–Crippen LogP) is 5.46. The van der Waals surface area contributed by atoms with Crippen LogP contribution in [-0.4, -0.2) is 40.0 Å². The van der Waals surface area contributed by atoms with Crippen molar-refractivity contribution in [3.05, 3.63) is 77.4 Å². The minimum Gasteiger partial charge on any atom is -0.455 e. The van der Waals surface area contributed by atoms with Crippen LogP contribution in [0.1, 0.15) is 26.4 Å². The molecule has 1 aliphatic rings. The van der Waals surface area contributed by atoms with Crippen molar-refractivity contribution in [3.8, 4) is 23.0 Å². The van der Waals surface area contributed by atoms with Gasteiger partial charge in [-0.15, -0.1) is 51.1 Å². The Kier molecular flexibility index (Phi) is 8.96. The number of ether oxygens (including phenoxy) is 4.